The topological polar surface area (TPSA) is 93.5 Å². The Hall–Kier alpha value is -1.63. The summed E-state index contributed by atoms with van der Waals surface area (Å²) in [6.45, 7) is 5.40. The van der Waals surface area contributed by atoms with Crippen LogP contribution in [0.4, 0.5) is 0 Å². The second-order valence-corrected chi connectivity index (χ2v) is 7.60. The van der Waals surface area contributed by atoms with E-state index in [9.17, 15) is 9.59 Å². The van der Waals surface area contributed by atoms with Gasteiger partial charge >= 0.3 is 0 Å². The van der Waals surface area contributed by atoms with Gasteiger partial charge in [0.05, 0.1) is 12.6 Å². The molecule has 1 aliphatic heterocycles. The van der Waals surface area contributed by atoms with E-state index in [0.29, 0.717) is 24.8 Å². The molecule has 1 aromatic rings. The molecule has 26 heavy (non-hydrogen) atoms. The molecule has 0 radical (unpaired) electrons. The van der Waals surface area contributed by atoms with E-state index in [0.717, 1.165) is 18.4 Å². The molecule has 1 atom stereocenters. The van der Waals surface area contributed by atoms with Gasteiger partial charge < -0.3 is 21.1 Å². The molecule has 1 heterocycles. The third kappa shape index (κ3) is 5.43. The monoisotopic (exact) mass is 381 g/mol. The van der Waals surface area contributed by atoms with Crippen molar-refractivity contribution in [3.05, 3.63) is 34.9 Å². The van der Waals surface area contributed by atoms with Gasteiger partial charge in [0, 0.05) is 30.2 Å². The molecule has 6 nitrogen and oxygen atoms in total. The van der Waals surface area contributed by atoms with Crippen molar-refractivity contribution in [1.29, 1.82) is 0 Å². The first-order chi connectivity index (χ1) is 12.3. The highest BCUT2D eigenvalue weighted by Crippen LogP contribution is 2.35. The predicted octanol–water partition coefficient (Wildman–Crippen LogP) is 1.60. The summed E-state index contributed by atoms with van der Waals surface area (Å²) in [6.07, 6.45) is 1.61. The third-order valence-electron chi connectivity index (χ3n) is 4.96. The number of amides is 2. The largest absolute Gasteiger partial charge is 0.381 e. The molecule has 2 amide bonds. The van der Waals surface area contributed by atoms with Gasteiger partial charge in [0.25, 0.3) is 0 Å². The van der Waals surface area contributed by atoms with Gasteiger partial charge in [-0.3, -0.25) is 9.59 Å². The lowest BCUT2D eigenvalue weighted by Crippen LogP contribution is -2.49. The SMILES string of the molecule is CC(C)[C@H](N)C(=O)NCC(=O)NCC1(c2cccc(Cl)c2)CCOCC1. The van der Waals surface area contributed by atoms with Crippen LogP contribution in [0.5, 0.6) is 0 Å². The molecular weight excluding hydrogens is 354 g/mol. The second kappa shape index (κ2) is 9.35. The Balaban J connectivity index is 1.95. The highest BCUT2D eigenvalue weighted by molar-refractivity contribution is 6.30. The predicted molar refractivity (Wildman–Crippen MR) is 102 cm³/mol. The average molecular weight is 382 g/mol. The number of benzene rings is 1. The summed E-state index contributed by atoms with van der Waals surface area (Å²) in [5, 5.41) is 6.21. The number of nitrogens with one attached hydrogen (secondary N) is 2. The zero-order chi connectivity index (χ0) is 19.2. The van der Waals surface area contributed by atoms with Crippen LogP contribution in [0.3, 0.4) is 0 Å². The van der Waals surface area contributed by atoms with Gasteiger partial charge in [0.15, 0.2) is 0 Å². The Kier molecular flexibility index (Phi) is 7.43. The van der Waals surface area contributed by atoms with Crippen molar-refractivity contribution in [2.45, 2.75) is 38.1 Å². The summed E-state index contributed by atoms with van der Waals surface area (Å²) < 4.78 is 5.49. The Bertz CT molecular complexity index is 630. The van der Waals surface area contributed by atoms with Crippen molar-refractivity contribution < 1.29 is 14.3 Å². The van der Waals surface area contributed by atoms with Crippen molar-refractivity contribution in [3.63, 3.8) is 0 Å². The smallest absolute Gasteiger partial charge is 0.239 e. The maximum absolute atomic E-state index is 12.2. The second-order valence-electron chi connectivity index (χ2n) is 7.17. The molecule has 1 saturated heterocycles. The lowest BCUT2D eigenvalue weighted by molar-refractivity contribution is -0.127. The average Bonchev–Trinajstić information content (AvgIpc) is 2.64. The molecule has 0 aromatic heterocycles. The van der Waals surface area contributed by atoms with Crippen LogP contribution in [0.1, 0.15) is 32.3 Å². The number of carbonyl (C=O) groups is 2. The van der Waals surface area contributed by atoms with Crippen LogP contribution in [0.2, 0.25) is 5.02 Å². The number of carbonyl (C=O) groups excluding carboxylic acids is 2. The minimum absolute atomic E-state index is 0.0198. The molecule has 0 spiro atoms. The van der Waals surface area contributed by atoms with Crippen LogP contribution in [-0.2, 0) is 19.7 Å². The van der Waals surface area contributed by atoms with E-state index in [1.807, 2.05) is 38.1 Å². The maximum Gasteiger partial charge on any atom is 0.239 e. The van der Waals surface area contributed by atoms with E-state index in [4.69, 9.17) is 22.1 Å². The third-order valence-corrected chi connectivity index (χ3v) is 5.19. The van der Waals surface area contributed by atoms with Crippen molar-refractivity contribution in [1.82, 2.24) is 10.6 Å². The molecule has 1 aromatic carbocycles. The summed E-state index contributed by atoms with van der Waals surface area (Å²) in [7, 11) is 0. The molecule has 0 bridgehead atoms. The van der Waals surface area contributed by atoms with Gasteiger partial charge in [-0.25, -0.2) is 0 Å². The number of hydrogen-bond donors (Lipinski definition) is 3. The van der Waals surface area contributed by atoms with Crippen molar-refractivity contribution in [3.8, 4) is 0 Å². The molecule has 144 valence electrons. The molecule has 4 N–H and O–H groups in total. The molecule has 0 saturated carbocycles. The van der Waals surface area contributed by atoms with E-state index in [2.05, 4.69) is 10.6 Å². The van der Waals surface area contributed by atoms with Gasteiger partial charge in [0.2, 0.25) is 11.8 Å². The highest BCUT2D eigenvalue weighted by Gasteiger charge is 2.35. The van der Waals surface area contributed by atoms with Crippen LogP contribution in [0.15, 0.2) is 24.3 Å². The zero-order valence-electron chi connectivity index (χ0n) is 15.4. The number of ether oxygens (including phenoxy) is 1. The Morgan fingerprint density at radius 3 is 2.58 bits per heavy atom. The fraction of sp³-hybridized carbons (Fsp3) is 0.579. The van der Waals surface area contributed by atoms with Crippen molar-refractivity contribution in [2.75, 3.05) is 26.3 Å². The summed E-state index contributed by atoms with van der Waals surface area (Å²) >= 11 is 6.15. The first-order valence-corrected chi connectivity index (χ1v) is 9.36. The molecule has 0 unspecified atom stereocenters. The van der Waals surface area contributed by atoms with E-state index in [-0.39, 0.29) is 29.7 Å². The van der Waals surface area contributed by atoms with Crippen LogP contribution in [0, 0.1) is 5.92 Å². The van der Waals surface area contributed by atoms with E-state index in [1.54, 1.807) is 0 Å². The van der Waals surface area contributed by atoms with Crippen LogP contribution in [-0.4, -0.2) is 44.2 Å². The Morgan fingerprint density at radius 2 is 1.96 bits per heavy atom. The fourth-order valence-electron chi connectivity index (χ4n) is 3.07. The zero-order valence-corrected chi connectivity index (χ0v) is 16.1. The molecule has 1 aliphatic rings. The molecular formula is C19H28ClN3O3. The van der Waals surface area contributed by atoms with Gasteiger partial charge in [-0.2, -0.15) is 0 Å². The highest BCUT2D eigenvalue weighted by atomic mass is 35.5. The standard InChI is InChI=1S/C19H28ClN3O3/c1-13(2)17(21)18(25)22-11-16(24)23-12-19(6-8-26-9-7-19)14-4-3-5-15(20)10-14/h3-5,10,13,17H,6-9,11-12,21H2,1-2H3,(H,22,25)(H,23,24)/t17-/m0/s1. The lowest BCUT2D eigenvalue weighted by Gasteiger charge is -2.38. The quantitative estimate of drug-likeness (QED) is 0.668. The van der Waals surface area contributed by atoms with E-state index < -0.39 is 6.04 Å². The number of hydrogen-bond acceptors (Lipinski definition) is 4. The first-order valence-electron chi connectivity index (χ1n) is 8.98. The number of halogens is 1. The summed E-state index contributed by atoms with van der Waals surface area (Å²) in [5.41, 5.74) is 6.66. The van der Waals surface area contributed by atoms with E-state index in [1.165, 1.54) is 0 Å². The van der Waals surface area contributed by atoms with Crippen molar-refractivity contribution in [2.24, 2.45) is 11.7 Å². The minimum Gasteiger partial charge on any atom is -0.381 e. The molecule has 0 aliphatic carbocycles. The fourth-order valence-corrected chi connectivity index (χ4v) is 3.26. The first kappa shape index (κ1) is 20.7. The summed E-state index contributed by atoms with van der Waals surface area (Å²) in [6, 6.07) is 7.12. The summed E-state index contributed by atoms with van der Waals surface area (Å²) in [5.74, 6) is -0.528. The maximum atomic E-state index is 12.2. The van der Waals surface area contributed by atoms with Gasteiger partial charge in [-0.05, 0) is 36.5 Å². The van der Waals surface area contributed by atoms with Crippen molar-refractivity contribution >= 4 is 23.4 Å². The van der Waals surface area contributed by atoms with Crippen LogP contribution < -0.4 is 16.4 Å². The number of nitrogens with two attached hydrogens (primary N) is 1. The van der Waals surface area contributed by atoms with Crippen LogP contribution in [0.25, 0.3) is 0 Å². The number of rotatable bonds is 7. The van der Waals surface area contributed by atoms with Gasteiger partial charge in [-0.15, -0.1) is 0 Å². The Morgan fingerprint density at radius 1 is 1.27 bits per heavy atom. The normalized spacial score (nSPS) is 17.6. The molecule has 1 fully saturated rings. The summed E-state index contributed by atoms with van der Waals surface area (Å²) in [4.78, 5) is 24.1. The van der Waals surface area contributed by atoms with Gasteiger partial charge in [-0.1, -0.05) is 37.6 Å². The van der Waals surface area contributed by atoms with Crippen LogP contribution >= 0.6 is 11.6 Å². The van der Waals surface area contributed by atoms with Gasteiger partial charge in [0.1, 0.15) is 0 Å². The molecule has 7 heteroatoms. The lowest BCUT2D eigenvalue weighted by atomic mass is 9.74. The van der Waals surface area contributed by atoms with E-state index >= 15 is 0 Å². The minimum atomic E-state index is -0.615. The molecule has 2 rings (SSSR count). The Labute approximate surface area is 159 Å².